The summed E-state index contributed by atoms with van der Waals surface area (Å²) in [5.74, 6) is -0.287. The molecule has 3 amide bonds. The van der Waals surface area contributed by atoms with Crippen molar-refractivity contribution in [3.63, 3.8) is 0 Å². The Balaban J connectivity index is 1.34. The molecule has 1 aliphatic heterocycles. The maximum Gasteiger partial charge on any atom is 0.233 e. The molecule has 2 atom stereocenters. The van der Waals surface area contributed by atoms with Crippen molar-refractivity contribution in [2.45, 2.75) is 38.6 Å². The van der Waals surface area contributed by atoms with Crippen molar-refractivity contribution < 1.29 is 14.4 Å². The molecule has 2 aromatic rings. The molecule has 1 N–H and O–H groups in total. The summed E-state index contributed by atoms with van der Waals surface area (Å²) in [6.07, 6.45) is 5.22. The lowest BCUT2D eigenvalue weighted by Crippen LogP contribution is -2.34. The van der Waals surface area contributed by atoms with Gasteiger partial charge in [0.25, 0.3) is 0 Å². The highest BCUT2D eigenvalue weighted by atomic mass is 35.5. The van der Waals surface area contributed by atoms with Gasteiger partial charge < -0.3 is 5.32 Å². The molecule has 1 aromatic carbocycles. The van der Waals surface area contributed by atoms with Crippen LogP contribution in [0.15, 0.2) is 36.5 Å². The zero-order chi connectivity index (χ0) is 20.4. The minimum atomic E-state index is -0.256. The average Bonchev–Trinajstić information content (AvgIpc) is 3.23. The van der Waals surface area contributed by atoms with Crippen molar-refractivity contribution >= 4 is 35.1 Å². The Bertz CT molecular complexity index is 918. The number of nitrogens with one attached hydrogen (secondary N) is 1. The molecule has 2 fully saturated rings. The van der Waals surface area contributed by atoms with Gasteiger partial charge in [-0.25, -0.2) is 4.68 Å². The van der Waals surface area contributed by atoms with E-state index in [1.54, 1.807) is 23.0 Å². The maximum absolute atomic E-state index is 12.5. The molecule has 29 heavy (non-hydrogen) atoms. The summed E-state index contributed by atoms with van der Waals surface area (Å²) < 4.78 is 1.67. The Labute approximate surface area is 174 Å². The fourth-order valence-electron chi connectivity index (χ4n) is 4.24. The molecule has 1 aliphatic carbocycles. The molecular formula is C21H23ClN4O3. The second kappa shape index (κ2) is 8.37. The first-order valence-electron chi connectivity index (χ1n) is 9.94. The standard InChI is InChI=1S/C21H23ClN4O3/c22-15-5-3-4-14(12-15)13-26-18(8-10-23-26)24-19(27)9-11-25-20(28)16-6-1-2-7-17(16)21(25)29/h3-5,8,10,12,16-17H,1-2,6-7,9,11,13H2,(H,24,27)/t16-,17+. The minimum absolute atomic E-state index is 0.0687. The summed E-state index contributed by atoms with van der Waals surface area (Å²) in [7, 11) is 0. The fourth-order valence-corrected chi connectivity index (χ4v) is 4.46. The van der Waals surface area contributed by atoms with E-state index in [1.165, 1.54) is 4.90 Å². The zero-order valence-corrected chi connectivity index (χ0v) is 16.8. The first-order chi connectivity index (χ1) is 14.0. The van der Waals surface area contributed by atoms with Crippen molar-refractivity contribution in [1.29, 1.82) is 0 Å². The molecule has 1 saturated heterocycles. The predicted octanol–water partition coefficient (Wildman–Crippen LogP) is 3.09. The third-order valence-electron chi connectivity index (χ3n) is 5.70. The number of hydrogen-bond donors (Lipinski definition) is 1. The van der Waals surface area contributed by atoms with Gasteiger partial charge in [-0.05, 0) is 30.5 Å². The molecule has 4 rings (SSSR count). The highest BCUT2D eigenvalue weighted by molar-refractivity contribution is 6.30. The van der Waals surface area contributed by atoms with Gasteiger partial charge in [0, 0.05) is 24.1 Å². The van der Waals surface area contributed by atoms with E-state index in [1.807, 2.05) is 18.2 Å². The van der Waals surface area contributed by atoms with Crippen molar-refractivity contribution in [3.05, 3.63) is 47.1 Å². The van der Waals surface area contributed by atoms with E-state index in [4.69, 9.17) is 11.6 Å². The van der Waals surface area contributed by atoms with E-state index in [0.29, 0.717) is 17.4 Å². The first-order valence-corrected chi connectivity index (χ1v) is 10.3. The molecule has 152 valence electrons. The third kappa shape index (κ3) is 4.19. The van der Waals surface area contributed by atoms with Crippen LogP contribution in [-0.4, -0.2) is 38.9 Å². The van der Waals surface area contributed by atoms with Crippen LogP contribution in [0, 0.1) is 11.8 Å². The van der Waals surface area contributed by atoms with Gasteiger partial charge in [-0.3, -0.25) is 19.3 Å². The Morgan fingerprint density at radius 3 is 2.55 bits per heavy atom. The molecule has 1 saturated carbocycles. The van der Waals surface area contributed by atoms with Crippen LogP contribution in [0.1, 0.15) is 37.7 Å². The molecule has 2 heterocycles. The third-order valence-corrected chi connectivity index (χ3v) is 5.94. The quantitative estimate of drug-likeness (QED) is 0.736. The Morgan fingerprint density at radius 1 is 1.14 bits per heavy atom. The van der Waals surface area contributed by atoms with Crippen LogP contribution in [0.4, 0.5) is 5.82 Å². The summed E-state index contributed by atoms with van der Waals surface area (Å²) >= 11 is 6.02. The number of imide groups is 1. The summed E-state index contributed by atoms with van der Waals surface area (Å²) in [5, 5.41) is 7.71. The number of aromatic nitrogens is 2. The van der Waals surface area contributed by atoms with Gasteiger partial charge in [0.05, 0.1) is 24.6 Å². The van der Waals surface area contributed by atoms with Crippen molar-refractivity contribution in [2.24, 2.45) is 11.8 Å². The lowest BCUT2D eigenvalue weighted by molar-refractivity contribution is -0.140. The van der Waals surface area contributed by atoms with Crippen LogP contribution >= 0.6 is 11.6 Å². The van der Waals surface area contributed by atoms with Gasteiger partial charge >= 0.3 is 0 Å². The monoisotopic (exact) mass is 414 g/mol. The van der Waals surface area contributed by atoms with E-state index in [2.05, 4.69) is 10.4 Å². The van der Waals surface area contributed by atoms with Gasteiger partial charge in [-0.1, -0.05) is 36.6 Å². The predicted molar refractivity (Wildman–Crippen MR) is 108 cm³/mol. The molecular weight excluding hydrogens is 392 g/mol. The van der Waals surface area contributed by atoms with Crippen molar-refractivity contribution in [2.75, 3.05) is 11.9 Å². The summed E-state index contributed by atoms with van der Waals surface area (Å²) in [4.78, 5) is 38.7. The summed E-state index contributed by atoms with van der Waals surface area (Å²) in [6.45, 7) is 0.592. The molecule has 0 spiro atoms. The smallest absolute Gasteiger partial charge is 0.233 e. The van der Waals surface area contributed by atoms with E-state index < -0.39 is 0 Å². The van der Waals surface area contributed by atoms with Gasteiger partial charge in [0.15, 0.2) is 0 Å². The number of rotatable bonds is 6. The molecule has 7 nitrogen and oxygen atoms in total. The SMILES string of the molecule is O=C(CCN1C(=O)[C@H]2CCCC[C@H]2C1=O)Nc1ccnn1Cc1cccc(Cl)c1. The second-order valence-corrected chi connectivity index (χ2v) is 8.06. The number of carbonyl (C=O) groups excluding carboxylic acids is 3. The summed E-state index contributed by atoms with van der Waals surface area (Å²) in [6, 6.07) is 9.15. The number of likely N-dealkylation sites (tertiary alicyclic amines) is 1. The highest BCUT2D eigenvalue weighted by Crippen LogP contribution is 2.37. The normalized spacial score (nSPS) is 21.3. The number of nitrogens with zero attached hydrogens (tertiary/aromatic N) is 3. The van der Waals surface area contributed by atoms with Crippen molar-refractivity contribution in [1.82, 2.24) is 14.7 Å². The largest absolute Gasteiger partial charge is 0.311 e. The van der Waals surface area contributed by atoms with E-state index >= 15 is 0 Å². The van der Waals surface area contributed by atoms with Gasteiger partial charge in [-0.2, -0.15) is 5.10 Å². The number of benzene rings is 1. The lowest BCUT2D eigenvalue weighted by atomic mass is 9.81. The Hall–Kier alpha value is -2.67. The van der Waals surface area contributed by atoms with Crippen LogP contribution in [0.25, 0.3) is 0 Å². The van der Waals surface area contributed by atoms with Crippen LogP contribution in [0.2, 0.25) is 5.02 Å². The number of anilines is 1. The molecule has 0 unspecified atom stereocenters. The Kier molecular flexibility index (Phi) is 5.67. The van der Waals surface area contributed by atoms with E-state index in [-0.39, 0.29) is 42.5 Å². The molecule has 0 bridgehead atoms. The van der Waals surface area contributed by atoms with E-state index in [9.17, 15) is 14.4 Å². The number of amides is 3. The molecule has 0 radical (unpaired) electrons. The van der Waals surface area contributed by atoms with Gasteiger partial charge in [0.1, 0.15) is 5.82 Å². The van der Waals surface area contributed by atoms with Gasteiger partial charge in [-0.15, -0.1) is 0 Å². The first kappa shape index (κ1) is 19.6. The highest BCUT2D eigenvalue weighted by Gasteiger charge is 2.47. The van der Waals surface area contributed by atoms with E-state index in [0.717, 1.165) is 31.2 Å². The second-order valence-electron chi connectivity index (χ2n) is 7.63. The topological polar surface area (TPSA) is 84.3 Å². The average molecular weight is 415 g/mol. The van der Waals surface area contributed by atoms with Crippen LogP contribution < -0.4 is 5.32 Å². The van der Waals surface area contributed by atoms with Crippen LogP contribution in [-0.2, 0) is 20.9 Å². The van der Waals surface area contributed by atoms with Crippen LogP contribution in [0.5, 0.6) is 0 Å². The fraction of sp³-hybridized carbons (Fsp3) is 0.429. The van der Waals surface area contributed by atoms with Crippen molar-refractivity contribution in [3.8, 4) is 0 Å². The lowest BCUT2D eigenvalue weighted by Gasteiger charge is -2.19. The number of hydrogen-bond acceptors (Lipinski definition) is 4. The molecule has 1 aromatic heterocycles. The number of halogens is 1. The van der Waals surface area contributed by atoms with Crippen LogP contribution in [0.3, 0.4) is 0 Å². The van der Waals surface area contributed by atoms with Gasteiger partial charge in [0.2, 0.25) is 17.7 Å². The number of carbonyl (C=O) groups is 3. The maximum atomic E-state index is 12.5. The molecule has 8 heteroatoms. The minimum Gasteiger partial charge on any atom is -0.311 e. The number of fused-ring (bicyclic) bond motifs is 1. The summed E-state index contributed by atoms with van der Waals surface area (Å²) in [5.41, 5.74) is 0.965. The molecule has 2 aliphatic rings. The Morgan fingerprint density at radius 2 is 1.86 bits per heavy atom. The zero-order valence-electron chi connectivity index (χ0n) is 16.0.